The fraction of sp³-hybridized carbons (Fsp3) is 0.125. The van der Waals surface area contributed by atoms with Crippen molar-refractivity contribution in [2.24, 2.45) is 5.73 Å². The van der Waals surface area contributed by atoms with Crippen LogP contribution in [0.25, 0.3) is 11.0 Å². The zero-order valence-corrected chi connectivity index (χ0v) is 12.9. The van der Waals surface area contributed by atoms with E-state index in [1.807, 2.05) is 24.3 Å². The van der Waals surface area contributed by atoms with Gasteiger partial charge in [-0.15, -0.1) is 0 Å². The molecule has 0 bridgehead atoms. The zero-order valence-electron chi connectivity index (χ0n) is 11.3. The molecule has 1 atom stereocenters. The number of hydrogen-bond donors (Lipinski definition) is 1. The van der Waals surface area contributed by atoms with Crippen LogP contribution in [0.2, 0.25) is 0 Å². The van der Waals surface area contributed by atoms with Gasteiger partial charge in [-0.3, -0.25) is 0 Å². The lowest BCUT2D eigenvalue weighted by atomic mass is 10.0. The van der Waals surface area contributed by atoms with Gasteiger partial charge in [-0.1, -0.05) is 22.0 Å². The van der Waals surface area contributed by atoms with E-state index in [4.69, 9.17) is 14.9 Å². The number of furan rings is 1. The van der Waals surface area contributed by atoms with Gasteiger partial charge in [0, 0.05) is 9.86 Å². The van der Waals surface area contributed by atoms with Crippen LogP contribution in [0.5, 0.6) is 5.75 Å². The van der Waals surface area contributed by atoms with Crippen molar-refractivity contribution in [3.8, 4) is 5.75 Å². The summed E-state index contributed by atoms with van der Waals surface area (Å²) in [6, 6.07) is 11.7. The number of benzene rings is 2. The number of rotatable bonds is 3. The van der Waals surface area contributed by atoms with Gasteiger partial charge in [0.15, 0.2) is 11.6 Å². The third-order valence-electron chi connectivity index (χ3n) is 3.34. The van der Waals surface area contributed by atoms with Crippen LogP contribution in [0.15, 0.2) is 51.4 Å². The Kier molecular flexibility index (Phi) is 3.69. The van der Waals surface area contributed by atoms with Crippen LogP contribution in [0.4, 0.5) is 4.39 Å². The Balaban J connectivity index is 1.99. The largest absolute Gasteiger partial charge is 0.494 e. The maximum atomic E-state index is 13.8. The molecule has 0 aliphatic carbocycles. The number of ether oxygens (including phenoxy) is 1. The second-order valence-corrected chi connectivity index (χ2v) is 5.62. The van der Waals surface area contributed by atoms with Gasteiger partial charge in [-0.05, 0) is 42.0 Å². The summed E-state index contributed by atoms with van der Waals surface area (Å²) in [5.41, 5.74) is 7.54. The van der Waals surface area contributed by atoms with Crippen molar-refractivity contribution in [2.45, 2.75) is 6.04 Å². The second kappa shape index (κ2) is 5.50. The van der Waals surface area contributed by atoms with E-state index in [1.54, 1.807) is 12.1 Å². The Labute approximate surface area is 129 Å². The molecule has 2 N–H and O–H groups in total. The summed E-state index contributed by atoms with van der Waals surface area (Å²) in [6.07, 6.45) is 0. The Morgan fingerprint density at radius 2 is 2.00 bits per heavy atom. The summed E-state index contributed by atoms with van der Waals surface area (Å²) in [4.78, 5) is 0. The van der Waals surface area contributed by atoms with Crippen LogP contribution in [-0.4, -0.2) is 7.11 Å². The molecule has 1 heterocycles. The average Bonchev–Trinajstić information content (AvgIpc) is 2.89. The van der Waals surface area contributed by atoms with Crippen molar-refractivity contribution in [1.82, 2.24) is 0 Å². The van der Waals surface area contributed by atoms with E-state index in [-0.39, 0.29) is 5.75 Å². The fourth-order valence-corrected chi connectivity index (χ4v) is 2.61. The van der Waals surface area contributed by atoms with Crippen LogP contribution >= 0.6 is 15.9 Å². The van der Waals surface area contributed by atoms with Gasteiger partial charge >= 0.3 is 0 Å². The second-order valence-electron chi connectivity index (χ2n) is 4.70. The third kappa shape index (κ3) is 2.66. The zero-order chi connectivity index (χ0) is 15.0. The van der Waals surface area contributed by atoms with Crippen molar-refractivity contribution < 1.29 is 13.5 Å². The Morgan fingerprint density at radius 3 is 2.71 bits per heavy atom. The van der Waals surface area contributed by atoms with Crippen molar-refractivity contribution >= 4 is 26.9 Å². The first-order valence-electron chi connectivity index (χ1n) is 6.36. The molecule has 108 valence electrons. The molecule has 0 spiro atoms. The molecule has 1 unspecified atom stereocenters. The first-order chi connectivity index (χ1) is 10.1. The minimum absolute atomic E-state index is 0.194. The maximum absolute atomic E-state index is 13.8. The summed E-state index contributed by atoms with van der Waals surface area (Å²) in [7, 11) is 1.43. The highest BCUT2D eigenvalue weighted by molar-refractivity contribution is 9.10. The molecule has 0 fully saturated rings. The summed E-state index contributed by atoms with van der Waals surface area (Å²) in [6.45, 7) is 0. The monoisotopic (exact) mass is 349 g/mol. The minimum atomic E-state index is -0.531. The Morgan fingerprint density at radius 1 is 1.19 bits per heavy atom. The summed E-state index contributed by atoms with van der Waals surface area (Å²) in [5.74, 6) is 0.344. The van der Waals surface area contributed by atoms with E-state index in [2.05, 4.69) is 15.9 Å². The quantitative estimate of drug-likeness (QED) is 0.762. The summed E-state index contributed by atoms with van der Waals surface area (Å²) >= 11 is 3.41. The predicted molar refractivity (Wildman–Crippen MR) is 82.9 cm³/mol. The van der Waals surface area contributed by atoms with E-state index in [1.165, 1.54) is 13.2 Å². The number of fused-ring (bicyclic) bond motifs is 1. The Hall–Kier alpha value is -1.85. The Bertz CT molecular complexity index is 800. The molecule has 21 heavy (non-hydrogen) atoms. The van der Waals surface area contributed by atoms with Crippen LogP contribution in [0, 0.1) is 5.82 Å². The molecule has 0 amide bonds. The third-order valence-corrected chi connectivity index (χ3v) is 3.83. The standard InChI is InChI=1S/C16H13BrFNO2/c1-20-14-4-2-9(7-12(14)18)16(19)15-8-10-6-11(17)3-5-13(10)21-15/h2-8,16H,19H2,1H3. The van der Waals surface area contributed by atoms with Crippen LogP contribution < -0.4 is 10.5 Å². The molecule has 3 nitrogen and oxygen atoms in total. The molecule has 0 saturated heterocycles. The molecule has 0 aliphatic rings. The molecule has 0 radical (unpaired) electrons. The van der Waals surface area contributed by atoms with Crippen molar-refractivity contribution in [3.05, 3.63) is 64.1 Å². The SMILES string of the molecule is COc1ccc(C(N)c2cc3cc(Br)ccc3o2)cc1F. The minimum Gasteiger partial charge on any atom is -0.494 e. The molecule has 3 aromatic rings. The molecule has 1 aromatic heterocycles. The lowest BCUT2D eigenvalue weighted by Crippen LogP contribution is -2.11. The molecule has 5 heteroatoms. The number of methoxy groups -OCH3 is 1. The first kappa shape index (κ1) is 14.1. The van der Waals surface area contributed by atoms with Crippen molar-refractivity contribution in [2.75, 3.05) is 7.11 Å². The van der Waals surface area contributed by atoms with E-state index < -0.39 is 11.9 Å². The number of hydrogen-bond acceptors (Lipinski definition) is 3. The maximum Gasteiger partial charge on any atom is 0.165 e. The highest BCUT2D eigenvalue weighted by Crippen LogP contribution is 2.30. The topological polar surface area (TPSA) is 48.4 Å². The average molecular weight is 350 g/mol. The van der Waals surface area contributed by atoms with Crippen LogP contribution in [0.3, 0.4) is 0 Å². The van der Waals surface area contributed by atoms with E-state index in [0.717, 1.165) is 15.4 Å². The van der Waals surface area contributed by atoms with E-state index >= 15 is 0 Å². The normalized spacial score (nSPS) is 12.6. The van der Waals surface area contributed by atoms with Crippen molar-refractivity contribution in [1.29, 1.82) is 0 Å². The van der Waals surface area contributed by atoms with E-state index in [9.17, 15) is 4.39 Å². The first-order valence-corrected chi connectivity index (χ1v) is 7.16. The van der Waals surface area contributed by atoms with Gasteiger partial charge in [0.2, 0.25) is 0 Å². The van der Waals surface area contributed by atoms with E-state index in [0.29, 0.717) is 11.3 Å². The molecular weight excluding hydrogens is 337 g/mol. The summed E-state index contributed by atoms with van der Waals surface area (Å²) < 4.78 is 25.4. The fourth-order valence-electron chi connectivity index (χ4n) is 2.23. The van der Waals surface area contributed by atoms with Gasteiger partial charge in [-0.2, -0.15) is 0 Å². The highest BCUT2D eigenvalue weighted by atomic mass is 79.9. The van der Waals surface area contributed by atoms with Gasteiger partial charge in [0.25, 0.3) is 0 Å². The van der Waals surface area contributed by atoms with Crippen LogP contribution in [-0.2, 0) is 0 Å². The van der Waals surface area contributed by atoms with Crippen LogP contribution in [0.1, 0.15) is 17.4 Å². The molecule has 3 rings (SSSR count). The predicted octanol–water partition coefficient (Wildman–Crippen LogP) is 4.39. The molecule has 0 saturated carbocycles. The smallest absolute Gasteiger partial charge is 0.165 e. The molecule has 2 aromatic carbocycles. The highest BCUT2D eigenvalue weighted by Gasteiger charge is 2.16. The van der Waals surface area contributed by atoms with Gasteiger partial charge in [-0.25, -0.2) is 4.39 Å². The lowest BCUT2D eigenvalue weighted by Gasteiger charge is -2.10. The van der Waals surface area contributed by atoms with Gasteiger partial charge < -0.3 is 14.9 Å². The number of halogens is 2. The lowest BCUT2D eigenvalue weighted by molar-refractivity contribution is 0.386. The van der Waals surface area contributed by atoms with Gasteiger partial charge in [0.1, 0.15) is 11.3 Å². The number of nitrogens with two attached hydrogens (primary N) is 1. The van der Waals surface area contributed by atoms with Crippen molar-refractivity contribution in [3.63, 3.8) is 0 Å². The molecular formula is C16H13BrFNO2. The summed E-state index contributed by atoms with van der Waals surface area (Å²) in [5, 5.41) is 0.948. The molecule has 0 aliphatic heterocycles. The van der Waals surface area contributed by atoms with Gasteiger partial charge in [0.05, 0.1) is 13.2 Å².